The highest BCUT2D eigenvalue weighted by Crippen LogP contribution is 2.45. The SMILES string of the molecule is C=CC1C[C@]1(NC(=O)[C@@H]1C[C@@H](Oc2nc3ccccc3nc2-c2cccs2)CN1C(=O)[C@H](NC(=O)OC1CCCC1)C(C)(C)C)C(=O)NC(=O)C1CC1. The van der Waals surface area contributed by atoms with Crippen molar-refractivity contribution in [2.75, 3.05) is 6.54 Å². The fourth-order valence-corrected chi connectivity index (χ4v) is 8.01. The lowest BCUT2D eigenvalue weighted by Gasteiger charge is -2.35. The largest absolute Gasteiger partial charge is 0.471 e. The number of benzene rings is 1. The number of alkyl carbamates (subject to hydrolysis) is 1. The molecule has 3 saturated carbocycles. The molecule has 53 heavy (non-hydrogen) atoms. The van der Waals surface area contributed by atoms with Crippen molar-refractivity contribution in [2.24, 2.45) is 17.3 Å². The third kappa shape index (κ3) is 7.78. The molecule has 3 heterocycles. The van der Waals surface area contributed by atoms with Gasteiger partial charge in [0.2, 0.25) is 23.6 Å². The Morgan fingerprint density at radius 1 is 0.981 bits per heavy atom. The fourth-order valence-electron chi connectivity index (χ4n) is 7.30. The molecular weight excluding hydrogens is 697 g/mol. The van der Waals surface area contributed by atoms with Crippen LogP contribution in [0.15, 0.2) is 54.4 Å². The van der Waals surface area contributed by atoms with Crippen LogP contribution in [-0.2, 0) is 23.9 Å². The number of nitrogens with one attached hydrogen (secondary N) is 3. The number of hydrogen-bond acceptors (Lipinski definition) is 10. The second-order valence-electron chi connectivity index (χ2n) is 15.7. The lowest BCUT2D eigenvalue weighted by atomic mass is 9.85. The van der Waals surface area contributed by atoms with E-state index in [9.17, 15) is 24.0 Å². The van der Waals surface area contributed by atoms with Crippen LogP contribution in [0.4, 0.5) is 4.79 Å². The van der Waals surface area contributed by atoms with Crippen LogP contribution >= 0.6 is 11.3 Å². The number of aromatic nitrogens is 2. The van der Waals surface area contributed by atoms with Crippen LogP contribution in [-0.4, -0.2) is 81.0 Å². The molecule has 3 N–H and O–H groups in total. The normalized spacial score (nSPS) is 24.7. The van der Waals surface area contributed by atoms with E-state index in [1.807, 2.05) is 62.5 Å². The molecule has 13 nitrogen and oxygen atoms in total. The number of fused-ring (bicyclic) bond motifs is 1. The predicted octanol–water partition coefficient (Wildman–Crippen LogP) is 4.90. The highest BCUT2D eigenvalue weighted by atomic mass is 32.1. The number of carbonyl (C=O) groups excluding carboxylic acids is 5. The van der Waals surface area contributed by atoms with E-state index in [-0.39, 0.29) is 43.2 Å². The quantitative estimate of drug-likeness (QED) is 0.183. The Balaban J connectivity index is 1.18. The van der Waals surface area contributed by atoms with Crippen LogP contribution in [0.25, 0.3) is 21.6 Å². The second-order valence-corrected chi connectivity index (χ2v) is 16.6. The molecular formula is C39H46N6O7S. The number of nitrogens with zero attached hydrogens (tertiary/aromatic N) is 3. The molecule has 0 radical (unpaired) electrons. The molecule has 1 saturated heterocycles. The number of likely N-dealkylation sites (tertiary alicyclic amines) is 1. The molecule has 2 aromatic heterocycles. The fraction of sp³-hybridized carbons (Fsp3) is 0.513. The first-order valence-corrected chi connectivity index (χ1v) is 19.3. The second kappa shape index (κ2) is 14.5. The minimum atomic E-state index is -1.38. The molecule has 1 unspecified atom stereocenters. The smallest absolute Gasteiger partial charge is 0.408 e. The Morgan fingerprint density at radius 2 is 1.70 bits per heavy atom. The van der Waals surface area contributed by atoms with Crippen LogP contribution in [0.5, 0.6) is 5.88 Å². The average molecular weight is 743 g/mol. The highest BCUT2D eigenvalue weighted by Gasteiger charge is 2.61. The lowest BCUT2D eigenvalue weighted by Crippen LogP contribution is -2.60. The van der Waals surface area contributed by atoms with Gasteiger partial charge >= 0.3 is 6.09 Å². The van der Waals surface area contributed by atoms with Gasteiger partial charge in [-0.1, -0.05) is 45.0 Å². The minimum absolute atomic E-state index is 0.00844. The number of amides is 5. The van der Waals surface area contributed by atoms with Crippen LogP contribution in [0.3, 0.4) is 0 Å². The van der Waals surface area contributed by atoms with Crippen molar-refractivity contribution >= 4 is 52.1 Å². The highest BCUT2D eigenvalue weighted by molar-refractivity contribution is 7.13. The van der Waals surface area contributed by atoms with Gasteiger partial charge in [0.05, 0.1) is 22.5 Å². The van der Waals surface area contributed by atoms with Crippen LogP contribution in [0.1, 0.15) is 72.1 Å². The van der Waals surface area contributed by atoms with E-state index in [1.165, 1.54) is 16.2 Å². The monoisotopic (exact) mass is 742 g/mol. The maximum Gasteiger partial charge on any atom is 0.408 e. The Labute approximate surface area is 312 Å². The average Bonchev–Trinajstić information content (AvgIpc) is 3.86. The Kier molecular flexibility index (Phi) is 10.0. The van der Waals surface area contributed by atoms with Crippen molar-refractivity contribution in [3.05, 3.63) is 54.4 Å². The Bertz CT molecular complexity index is 1920. The number of rotatable bonds is 11. The molecule has 5 amide bonds. The van der Waals surface area contributed by atoms with Gasteiger partial charge in [0.15, 0.2) is 0 Å². The van der Waals surface area contributed by atoms with E-state index in [0.29, 0.717) is 16.7 Å². The molecule has 1 aliphatic heterocycles. The topological polar surface area (TPSA) is 169 Å². The summed E-state index contributed by atoms with van der Waals surface area (Å²) in [5.74, 6) is -2.35. The van der Waals surface area contributed by atoms with E-state index < -0.39 is 58.9 Å². The van der Waals surface area contributed by atoms with Crippen LogP contribution in [0.2, 0.25) is 0 Å². The standard InChI is InChI=1S/C39H46N6O7S/c1-5-23-20-39(23,36(49)43-32(46)22-16-17-22)44-33(47)28-19-25(51-34-30(29-15-10-18-53-29)40-26-13-8-9-14-27(26)41-34)21-45(28)35(48)31(38(2,3)4)42-37(50)52-24-11-6-7-12-24/h5,8-10,13-15,18,22-25,28,31H,1,6-7,11-12,16-17,19-21H2,2-4H3,(H,42,50)(H,44,47)(H,43,46,49)/t23?,25-,28+,31+,39-/m1/s1. The number of para-hydroxylation sites is 2. The summed E-state index contributed by atoms with van der Waals surface area (Å²) < 4.78 is 12.2. The summed E-state index contributed by atoms with van der Waals surface area (Å²) in [7, 11) is 0. The number of hydrogen-bond donors (Lipinski definition) is 3. The minimum Gasteiger partial charge on any atom is -0.471 e. The Morgan fingerprint density at radius 3 is 2.32 bits per heavy atom. The van der Waals surface area contributed by atoms with Gasteiger partial charge in [0.25, 0.3) is 5.91 Å². The van der Waals surface area contributed by atoms with Crippen molar-refractivity contribution < 1.29 is 33.4 Å². The third-order valence-corrected chi connectivity index (χ3v) is 11.5. The summed E-state index contributed by atoms with van der Waals surface area (Å²) in [6.07, 6.45) is 5.25. The summed E-state index contributed by atoms with van der Waals surface area (Å²) in [5.41, 5.74) is -0.288. The van der Waals surface area contributed by atoms with Gasteiger partial charge in [-0.2, -0.15) is 0 Å². The van der Waals surface area contributed by atoms with Crippen LogP contribution in [0, 0.1) is 17.3 Å². The zero-order chi connectivity index (χ0) is 37.5. The first kappa shape index (κ1) is 36.5. The molecule has 3 aromatic rings. The molecule has 14 heteroatoms. The maximum atomic E-state index is 14.6. The van der Waals surface area contributed by atoms with Crippen molar-refractivity contribution in [1.29, 1.82) is 0 Å². The summed E-state index contributed by atoms with van der Waals surface area (Å²) in [5, 5.41) is 10.1. The predicted molar refractivity (Wildman–Crippen MR) is 198 cm³/mol. The van der Waals surface area contributed by atoms with E-state index in [2.05, 4.69) is 22.5 Å². The maximum absolute atomic E-state index is 14.6. The van der Waals surface area contributed by atoms with E-state index in [0.717, 1.165) is 43.4 Å². The third-order valence-electron chi connectivity index (χ3n) is 10.6. The molecule has 1 aromatic carbocycles. The molecule has 4 aliphatic rings. The van der Waals surface area contributed by atoms with Gasteiger partial charge in [-0.05, 0) is 73.9 Å². The zero-order valence-corrected chi connectivity index (χ0v) is 31.1. The molecule has 0 spiro atoms. The molecule has 280 valence electrons. The molecule has 4 fully saturated rings. The molecule has 0 bridgehead atoms. The van der Waals surface area contributed by atoms with E-state index >= 15 is 0 Å². The van der Waals surface area contributed by atoms with Crippen molar-refractivity contribution in [3.8, 4) is 16.5 Å². The van der Waals surface area contributed by atoms with Gasteiger partial charge < -0.3 is 25.0 Å². The molecule has 7 rings (SSSR count). The summed E-state index contributed by atoms with van der Waals surface area (Å²) in [4.78, 5) is 80.1. The zero-order valence-electron chi connectivity index (χ0n) is 30.3. The Hall–Kier alpha value is -4.85. The van der Waals surface area contributed by atoms with Crippen LogP contribution < -0.4 is 20.7 Å². The number of imide groups is 1. The van der Waals surface area contributed by atoms with Gasteiger partial charge in [0.1, 0.15) is 35.5 Å². The van der Waals surface area contributed by atoms with Crippen molar-refractivity contribution in [2.45, 2.75) is 102 Å². The number of ether oxygens (including phenoxy) is 2. The van der Waals surface area contributed by atoms with E-state index in [4.69, 9.17) is 19.4 Å². The lowest BCUT2D eigenvalue weighted by molar-refractivity contribution is -0.143. The van der Waals surface area contributed by atoms with E-state index in [1.54, 1.807) is 6.08 Å². The van der Waals surface area contributed by atoms with Gasteiger partial charge in [-0.25, -0.2) is 14.8 Å². The first-order chi connectivity index (χ1) is 25.4. The summed E-state index contributed by atoms with van der Waals surface area (Å²) in [6, 6.07) is 9.14. The molecule has 5 atom stereocenters. The van der Waals surface area contributed by atoms with Gasteiger partial charge in [-0.3, -0.25) is 24.5 Å². The summed E-state index contributed by atoms with van der Waals surface area (Å²) in [6.45, 7) is 9.32. The number of carbonyl (C=O) groups is 5. The number of thiophene rings is 1. The summed E-state index contributed by atoms with van der Waals surface area (Å²) >= 11 is 1.49. The first-order valence-electron chi connectivity index (χ1n) is 18.4. The van der Waals surface area contributed by atoms with Crippen molar-refractivity contribution in [1.82, 2.24) is 30.8 Å². The van der Waals surface area contributed by atoms with Gasteiger partial charge in [-0.15, -0.1) is 17.9 Å². The van der Waals surface area contributed by atoms with Crippen molar-refractivity contribution in [3.63, 3.8) is 0 Å². The van der Waals surface area contributed by atoms with Gasteiger partial charge in [0, 0.05) is 18.3 Å². The molecule has 3 aliphatic carbocycles.